The van der Waals surface area contributed by atoms with Crippen LogP contribution < -0.4 is 10.0 Å². The molecular formula is C5H8N2O4S. The lowest BCUT2D eigenvalue weighted by molar-refractivity contribution is -0.134. The quantitative estimate of drug-likeness (QED) is 0.367. The number of nitrogens with one attached hydrogen (secondary N) is 2. The van der Waals surface area contributed by atoms with Gasteiger partial charge in [0.15, 0.2) is 0 Å². The first-order valence-corrected chi connectivity index (χ1v) is 4.41. The van der Waals surface area contributed by atoms with Crippen LogP contribution in [0, 0.1) is 0 Å². The summed E-state index contributed by atoms with van der Waals surface area (Å²) in [6, 6.07) is -0.742. The minimum absolute atomic E-state index is 0.195. The van der Waals surface area contributed by atoms with Gasteiger partial charge in [-0.25, -0.2) is 8.93 Å². The molecule has 2 atom stereocenters. The first-order valence-electron chi connectivity index (χ1n) is 3.30. The Balaban J connectivity index is 2.51. The van der Waals surface area contributed by atoms with Crippen LogP contribution in [0.3, 0.4) is 0 Å². The summed E-state index contributed by atoms with van der Waals surface area (Å²) < 4.78 is 20.7. The van der Waals surface area contributed by atoms with Gasteiger partial charge in [-0.2, -0.15) is 0 Å². The molecule has 1 rings (SSSR count). The van der Waals surface area contributed by atoms with E-state index in [0.717, 1.165) is 0 Å². The summed E-state index contributed by atoms with van der Waals surface area (Å²) in [5.41, 5.74) is 0. The lowest BCUT2D eigenvalue weighted by Gasteiger charge is -2.19. The zero-order valence-corrected chi connectivity index (χ0v) is 6.89. The Morgan fingerprint density at radius 2 is 2.25 bits per heavy atom. The SMILES string of the molecule is O=C1CCC(NS(=O)O)C(=O)N1. The third-order valence-electron chi connectivity index (χ3n) is 1.48. The van der Waals surface area contributed by atoms with Gasteiger partial charge in [-0.1, -0.05) is 0 Å². The summed E-state index contributed by atoms with van der Waals surface area (Å²) >= 11 is -2.22. The predicted molar refractivity (Wildman–Crippen MR) is 40.1 cm³/mol. The molecule has 0 aromatic heterocycles. The summed E-state index contributed by atoms with van der Waals surface area (Å²) in [6.45, 7) is 0. The molecule has 1 aliphatic rings. The molecule has 1 heterocycles. The number of amides is 2. The highest BCUT2D eigenvalue weighted by Gasteiger charge is 2.27. The summed E-state index contributed by atoms with van der Waals surface area (Å²) in [5, 5.41) is 2.05. The molecule has 12 heavy (non-hydrogen) atoms. The van der Waals surface area contributed by atoms with E-state index in [1.54, 1.807) is 0 Å². The van der Waals surface area contributed by atoms with Gasteiger partial charge in [-0.05, 0) is 6.42 Å². The molecule has 6 nitrogen and oxygen atoms in total. The van der Waals surface area contributed by atoms with Gasteiger partial charge < -0.3 is 0 Å². The van der Waals surface area contributed by atoms with Crippen molar-refractivity contribution in [2.45, 2.75) is 18.9 Å². The number of piperidine rings is 1. The zero-order valence-electron chi connectivity index (χ0n) is 6.07. The van der Waals surface area contributed by atoms with E-state index in [-0.39, 0.29) is 18.7 Å². The number of hydrogen-bond acceptors (Lipinski definition) is 3. The molecule has 2 amide bonds. The van der Waals surface area contributed by atoms with Crippen molar-refractivity contribution in [1.82, 2.24) is 10.0 Å². The average molecular weight is 192 g/mol. The van der Waals surface area contributed by atoms with E-state index in [2.05, 4.69) is 4.72 Å². The van der Waals surface area contributed by atoms with Crippen molar-refractivity contribution in [2.24, 2.45) is 0 Å². The van der Waals surface area contributed by atoms with Gasteiger partial charge in [0, 0.05) is 6.42 Å². The Morgan fingerprint density at radius 3 is 2.75 bits per heavy atom. The molecule has 0 radical (unpaired) electrons. The van der Waals surface area contributed by atoms with Crippen LogP contribution in [0.4, 0.5) is 0 Å². The lowest BCUT2D eigenvalue weighted by Crippen LogP contribution is -2.50. The molecule has 0 bridgehead atoms. The summed E-state index contributed by atoms with van der Waals surface area (Å²) in [6.07, 6.45) is 0.456. The fraction of sp³-hybridized carbons (Fsp3) is 0.600. The minimum atomic E-state index is -2.22. The Labute approximate surface area is 71.1 Å². The smallest absolute Gasteiger partial charge is 0.244 e. The topological polar surface area (TPSA) is 95.5 Å². The van der Waals surface area contributed by atoms with Gasteiger partial charge in [-0.15, -0.1) is 0 Å². The maximum absolute atomic E-state index is 10.9. The van der Waals surface area contributed by atoms with E-state index in [0.29, 0.717) is 0 Å². The first-order chi connectivity index (χ1) is 5.59. The van der Waals surface area contributed by atoms with E-state index in [1.807, 2.05) is 5.32 Å². The summed E-state index contributed by atoms with van der Waals surface area (Å²) in [7, 11) is 0. The number of carbonyl (C=O) groups is 2. The highest BCUT2D eigenvalue weighted by atomic mass is 32.2. The Morgan fingerprint density at radius 1 is 1.58 bits per heavy atom. The standard InChI is InChI=1S/C5H8N2O4S/c8-4-2-1-3(5(9)6-4)7-12(10)11/h3,7H,1-2H2,(H,10,11)(H,6,8,9). The second kappa shape index (κ2) is 3.74. The Kier molecular flexibility index (Phi) is 2.90. The van der Waals surface area contributed by atoms with Crippen LogP contribution in [0.5, 0.6) is 0 Å². The van der Waals surface area contributed by atoms with Gasteiger partial charge in [0.1, 0.15) is 6.04 Å². The third-order valence-corrected chi connectivity index (χ3v) is 1.97. The van der Waals surface area contributed by atoms with Crippen molar-refractivity contribution >= 4 is 23.1 Å². The van der Waals surface area contributed by atoms with Crippen LogP contribution in [-0.4, -0.2) is 26.6 Å². The maximum Gasteiger partial charge on any atom is 0.244 e. The van der Waals surface area contributed by atoms with Crippen LogP contribution >= 0.6 is 0 Å². The fourth-order valence-electron chi connectivity index (χ4n) is 0.928. The molecule has 0 spiro atoms. The van der Waals surface area contributed by atoms with Crippen molar-refractivity contribution in [3.63, 3.8) is 0 Å². The van der Waals surface area contributed by atoms with E-state index in [4.69, 9.17) is 4.55 Å². The van der Waals surface area contributed by atoms with Gasteiger partial charge >= 0.3 is 0 Å². The van der Waals surface area contributed by atoms with Crippen molar-refractivity contribution in [1.29, 1.82) is 0 Å². The van der Waals surface area contributed by atoms with Crippen LogP contribution in [-0.2, 0) is 20.9 Å². The highest BCUT2D eigenvalue weighted by molar-refractivity contribution is 7.77. The van der Waals surface area contributed by atoms with Crippen LogP contribution in [0.15, 0.2) is 0 Å². The molecule has 7 heteroatoms. The van der Waals surface area contributed by atoms with Gasteiger partial charge in [-0.3, -0.25) is 19.5 Å². The fourth-order valence-corrected chi connectivity index (χ4v) is 1.40. The highest BCUT2D eigenvalue weighted by Crippen LogP contribution is 2.03. The predicted octanol–water partition coefficient (Wildman–Crippen LogP) is -1.48. The molecule has 1 saturated heterocycles. The third kappa shape index (κ3) is 2.36. The largest absolute Gasteiger partial charge is 0.295 e. The van der Waals surface area contributed by atoms with E-state index in [1.165, 1.54) is 0 Å². The van der Waals surface area contributed by atoms with E-state index >= 15 is 0 Å². The van der Waals surface area contributed by atoms with E-state index in [9.17, 15) is 13.8 Å². The molecule has 3 N–H and O–H groups in total. The van der Waals surface area contributed by atoms with E-state index < -0.39 is 23.2 Å². The number of imide groups is 1. The van der Waals surface area contributed by atoms with Crippen LogP contribution in [0.25, 0.3) is 0 Å². The van der Waals surface area contributed by atoms with Crippen LogP contribution in [0.1, 0.15) is 12.8 Å². The molecule has 1 fully saturated rings. The maximum atomic E-state index is 10.9. The number of rotatable bonds is 2. The molecule has 0 saturated carbocycles. The van der Waals surface area contributed by atoms with Crippen molar-refractivity contribution in [3.8, 4) is 0 Å². The second-order valence-corrected chi connectivity index (χ2v) is 3.10. The average Bonchev–Trinajstić information content (AvgIpc) is 1.94. The molecule has 68 valence electrons. The molecule has 0 aromatic rings. The minimum Gasteiger partial charge on any atom is -0.295 e. The number of carbonyl (C=O) groups excluding carboxylic acids is 2. The Hall–Kier alpha value is -0.790. The van der Waals surface area contributed by atoms with Crippen molar-refractivity contribution in [3.05, 3.63) is 0 Å². The molecule has 0 aromatic carbocycles. The normalized spacial score (nSPS) is 26.6. The van der Waals surface area contributed by atoms with Gasteiger partial charge in [0.05, 0.1) is 0 Å². The molecule has 1 aliphatic heterocycles. The van der Waals surface area contributed by atoms with Crippen molar-refractivity contribution in [2.75, 3.05) is 0 Å². The van der Waals surface area contributed by atoms with Gasteiger partial charge in [0.2, 0.25) is 23.1 Å². The number of hydrogen-bond donors (Lipinski definition) is 3. The zero-order chi connectivity index (χ0) is 9.14. The second-order valence-electron chi connectivity index (χ2n) is 2.37. The first kappa shape index (κ1) is 9.30. The van der Waals surface area contributed by atoms with Crippen molar-refractivity contribution < 1.29 is 18.4 Å². The molecule has 2 unspecified atom stereocenters. The summed E-state index contributed by atoms with van der Waals surface area (Å²) in [4.78, 5) is 21.5. The van der Waals surface area contributed by atoms with Crippen LogP contribution in [0.2, 0.25) is 0 Å². The monoisotopic (exact) mass is 192 g/mol. The van der Waals surface area contributed by atoms with Gasteiger partial charge in [0.25, 0.3) is 0 Å². The molecular weight excluding hydrogens is 184 g/mol. The lowest BCUT2D eigenvalue weighted by atomic mass is 10.1. The Bertz CT molecular complexity index is 242. The summed E-state index contributed by atoms with van der Waals surface area (Å²) in [5.74, 6) is -0.893. The molecule has 0 aliphatic carbocycles.